The van der Waals surface area contributed by atoms with E-state index in [2.05, 4.69) is 0 Å². The average Bonchev–Trinajstić information content (AvgIpc) is 2.42. The molecule has 0 aromatic heterocycles. The van der Waals surface area contributed by atoms with Gasteiger partial charge in [-0.15, -0.1) is 0 Å². The van der Waals surface area contributed by atoms with Gasteiger partial charge in [0.15, 0.2) is 0 Å². The number of anilines is 2. The van der Waals surface area contributed by atoms with Crippen LogP contribution >= 0.6 is 0 Å². The molecule has 1 atom stereocenters. The largest absolute Gasteiger partial charge is 0.481 e. The van der Waals surface area contributed by atoms with Crippen molar-refractivity contribution in [2.24, 2.45) is 5.92 Å². The highest BCUT2D eigenvalue weighted by atomic mass is 16.4. The fourth-order valence-electron chi connectivity index (χ4n) is 1.93. The zero-order valence-corrected chi connectivity index (χ0v) is 12.6. The van der Waals surface area contributed by atoms with Crippen molar-refractivity contribution in [3.05, 3.63) is 24.3 Å². The van der Waals surface area contributed by atoms with Gasteiger partial charge < -0.3 is 20.0 Å². The maximum absolute atomic E-state index is 11.0. The molecule has 116 valence electrons. The van der Waals surface area contributed by atoms with Crippen LogP contribution in [-0.2, 0) is 9.59 Å². The number of nitrogens with zero attached hydrogens (tertiary/aromatic N) is 2. The highest BCUT2D eigenvalue weighted by molar-refractivity contribution is 5.71. The lowest BCUT2D eigenvalue weighted by Gasteiger charge is -2.26. The molecule has 0 aliphatic heterocycles. The van der Waals surface area contributed by atoms with Gasteiger partial charge >= 0.3 is 11.9 Å². The van der Waals surface area contributed by atoms with E-state index < -0.39 is 17.9 Å². The summed E-state index contributed by atoms with van der Waals surface area (Å²) in [6, 6.07) is 7.61. The van der Waals surface area contributed by atoms with Crippen LogP contribution in [0.3, 0.4) is 0 Å². The van der Waals surface area contributed by atoms with Crippen molar-refractivity contribution in [1.82, 2.24) is 0 Å². The molecule has 21 heavy (non-hydrogen) atoms. The number of carbonyl (C=O) groups is 2. The summed E-state index contributed by atoms with van der Waals surface area (Å²) in [4.78, 5) is 25.5. The number of aliphatic carboxylic acids is 2. The average molecular weight is 294 g/mol. The first-order chi connectivity index (χ1) is 9.81. The van der Waals surface area contributed by atoms with Gasteiger partial charge in [0.2, 0.25) is 0 Å². The van der Waals surface area contributed by atoms with E-state index in [1.165, 1.54) is 0 Å². The Morgan fingerprint density at radius 3 is 2.05 bits per heavy atom. The minimum absolute atomic E-state index is 0.0260. The Kier molecular flexibility index (Phi) is 6.02. The van der Waals surface area contributed by atoms with Gasteiger partial charge in [0.1, 0.15) is 0 Å². The van der Waals surface area contributed by atoms with E-state index in [0.717, 1.165) is 11.4 Å². The van der Waals surface area contributed by atoms with Crippen LogP contribution < -0.4 is 9.80 Å². The van der Waals surface area contributed by atoms with Crippen molar-refractivity contribution in [3.8, 4) is 0 Å². The Bertz CT molecular complexity index is 485. The second-order valence-electron chi connectivity index (χ2n) is 5.24. The number of carboxylic acid groups (broad SMARTS) is 2. The van der Waals surface area contributed by atoms with E-state index in [9.17, 15) is 9.59 Å². The van der Waals surface area contributed by atoms with Crippen LogP contribution in [-0.4, -0.2) is 49.3 Å². The van der Waals surface area contributed by atoms with Gasteiger partial charge in [-0.25, -0.2) is 0 Å². The second kappa shape index (κ2) is 7.52. The standard InChI is InChI=1S/C15H22N2O4/c1-11(15(20)21)10-17(9-8-14(18)19)13-6-4-12(5-7-13)16(2)3/h4-7,11H,8-10H2,1-3H3,(H,18,19)(H,20,21). The maximum Gasteiger partial charge on any atom is 0.308 e. The molecule has 0 amide bonds. The molecule has 2 N–H and O–H groups in total. The third kappa shape index (κ3) is 5.33. The molecule has 0 saturated carbocycles. The molecule has 1 unspecified atom stereocenters. The quantitative estimate of drug-likeness (QED) is 0.760. The SMILES string of the molecule is CC(CN(CCC(=O)O)c1ccc(N(C)C)cc1)C(=O)O. The van der Waals surface area contributed by atoms with E-state index in [-0.39, 0.29) is 19.5 Å². The van der Waals surface area contributed by atoms with Gasteiger partial charge in [-0.2, -0.15) is 0 Å². The Hall–Kier alpha value is -2.24. The normalized spacial score (nSPS) is 11.8. The predicted molar refractivity (Wildman–Crippen MR) is 82.0 cm³/mol. The van der Waals surface area contributed by atoms with Crippen molar-refractivity contribution in [3.63, 3.8) is 0 Å². The third-order valence-electron chi connectivity index (χ3n) is 3.24. The van der Waals surface area contributed by atoms with Crippen molar-refractivity contribution in [1.29, 1.82) is 0 Å². The number of carboxylic acids is 2. The number of benzene rings is 1. The van der Waals surface area contributed by atoms with Crippen molar-refractivity contribution in [2.45, 2.75) is 13.3 Å². The Morgan fingerprint density at radius 1 is 1.10 bits per heavy atom. The lowest BCUT2D eigenvalue weighted by atomic mass is 10.1. The van der Waals surface area contributed by atoms with Crippen LogP contribution in [0, 0.1) is 5.92 Å². The zero-order chi connectivity index (χ0) is 16.0. The van der Waals surface area contributed by atoms with Gasteiger partial charge in [0.05, 0.1) is 12.3 Å². The Balaban J connectivity index is 2.88. The topological polar surface area (TPSA) is 81.1 Å². The van der Waals surface area contributed by atoms with Crippen LogP contribution in [0.4, 0.5) is 11.4 Å². The summed E-state index contributed by atoms with van der Waals surface area (Å²) in [5.74, 6) is -2.35. The molecule has 1 aromatic rings. The Labute approximate surface area is 124 Å². The van der Waals surface area contributed by atoms with Crippen LogP contribution in [0.5, 0.6) is 0 Å². The molecule has 0 saturated heterocycles. The molecule has 6 heteroatoms. The molecular formula is C15H22N2O4. The molecule has 0 aliphatic rings. The first-order valence-electron chi connectivity index (χ1n) is 6.78. The summed E-state index contributed by atoms with van der Waals surface area (Å²) in [7, 11) is 3.87. The summed E-state index contributed by atoms with van der Waals surface area (Å²) in [6.45, 7) is 2.18. The van der Waals surface area contributed by atoms with E-state index in [1.807, 2.05) is 43.3 Å². The molecule has 0 fully saturated rings. The molecule has 0 spiro atoms. The van der Waals surface area contributed by atoms with E-state index >= 15 is 0 Å². The van der Waals surface area contributed by atoms with Gasteiger partial charge in [-0.1, -0.05) is 6.92 Å². The fourth-order valence-corrected chi connectivity index (χ4v) is 1.93. The molecular weight excluding hydrogens is 272 g/mol. The van der Waals surface area contributed by atoms with Crippen molar-refractivity contribution >= 4 is 23.3 Å². The molecule has 0 radical (unpaired) electrons. The van der Waals surface area contributed by atoms with Gasteiger partial charge in [0.25, 0.3) is 0 Å². The monoisotopic (exact) mass is 294 g/mol. The van der Waals surface area contributed by atoms with Gasteiger partial charge in [-0.3, -0.25) is 9.59 Å². The molecule has 1 rings (SSSR count). The van der Waals surface area contributed by atoms with Crippen LogP contribution in [0.15, 0.2) is 24.3 Å². The second-order valence-corrected chi connectivity index (χ2v) is 5.24. The first kappa shape index (κ1) is 16.8. The van der Waals surface area contributed by atoms with E-state index in [4.69, 9.17) is 10.2 Å². The number of hydrogen-bond donors (Lipinski definition) is 2. The summed E-state index contributed by atoms with van der Waals surface area (Å²) >= 11 is 0. The summed E-state index contributed by atoms with van der Waals surface area (Å²) in [5, 5.41) is 17.8. The molecule has 0 heterocycles. The molecule has 6 nitrogen and oxygen atoms in total. The highest BCUT2D eigenvalue weighted by Gasteiger charge is 2.17. The van der Waals surface area contributed by atoms with Crippen LogP contribution in [0.25, 0.3) is 0 Å². The molecule has 0 bridgehead atoms. The third-order valence-corrected chi connectivity index (χ3v) is 3.24. The Morgan fingerprint density at radius 2 is 1.62 bits per heavy atom. The predicted octanol–water partition coefficient (Wildman–Crippen LogP) is 1.75. The summed E-state index contributed by atoms with van der Waals surface area (Å²) in [6.07, 6.45) is -0.0260. The van der Waals surface area contributed by atoms with Gasteiger partial charge in [-0.05, 0) is 24.3 Å². The van der Waals surface area contributed by atoms with Crippen LogP contribution in [0.2, 0.25) is 0 Å². The van der Waals surface area contributed by atoms with Gasteiger partial charge in [0, 0.05) is 38.6 Å². The fraction of sp³-hybridized carbons (Fsp3) is 0.467. The maximum atomic E-state index is 11.0. The van der Waals surface area contributed by atoms with Crippen molar-refractivity contribution < 1.29 is 19.8 Å². The van der Waals surface area contributed by atoms with Crippen molar-refractivity contribution in [2.75, 3.05) is 37.0 Å². The van der Waals surface area contributed by atoms with E-state index in [0.29, 0.717) is 0 Å². The highest BCUT2D eigenvalue weighted by Crippen LogP contribution is 2.21. The zero-order valence-electron chi connectivity index (χ0n) is 12.6. The smallest absolute Gasteiger partial charge is 0.308 e. The van der Waals surface area contributed by atoms with E-state index in [1.54, 1.807) is 11.8 Å². The number of rotatable bonds is 8. The summed E-state index contributed by atoms with van der Waals surface area (Å²) in [5.41, 5.74) is 1.86. The summed E-state index contributed by atoms with van der Waals surface area (Å²) < 4.78 is 0. The minimum atomic E-state index is -0.895. The molecule has 1 aromatic carbocycles. The minimum Gasteiger partial charge on any atom is -0.481 e. The molecule has 0 aliphatic carbocycles. The first-order valence-corrected chi connectivity index (χ1v) is 6.78. The van der Waals surface area contributed by atoms with Crippen LogP contribution in [0.1, 0.15) is 13.3 Å². The lowest BCUT2D eigenvalue weighted by Crippen LogP contribution is -2.33. The lowest BCUT2D eigenvalue weighted by molar-refractivity contribution is -0.140. The number of hydrogen-bond acceptors (Lipinski definition) is 4.